The van der Waals surface area contributed by atoms with E-state index in [4.69, 9.17) is 0 Å². The average molecular weight is 146 g/mol. The van der Waals surface area contributed by atoms with Gasteiger partial charge in [-0.05, 0) is 0 Å². The van der Waals surface area contributed by atoms with Gasteiger partial charge < -0.3 is 0 Å². The molecule has 0 aliphatic heterocycles. The van der Waals surface area contributed by atoms with Crippen LogP contribution in [0.1, 0.15) is 67.6 Å². The highest BCUT2D eigenvalue weighted by Gasteiger charge is 1.95. The lowest BCUT2D eigenvalue weighted by Gasteiger charge is -2.05. The van der Waals surface area contributed by atoms with Crippen molar-refractivity contribution in [2.24, 2.45) is 0 Å². The Hall–Kier alpha value is 0. The third-order valence-electron chi connectivity index (χ3n) is 1.50. The summed E-state index contributed by atoms with van der Waals surface area (Å²) in [7, 11) is 0. The van der Waals surface area contributed by atoms with Crippen molar-refractivity contribution in [1.82, 2.24) is 0 Å². The molecule has 0 unspecified atom stereocenters. The zero-order chi connectivity index (χ0) is 8.24. The van der Waals surface area contributed by atoms with Gasteiger partial charge in [-0.1, -0.05) is 66.2 Å². The van der Waals surface area contributed by atoms with E-state index in [0.717, 1.165) is 0 Å². The first kappa shape index (κ1) is 12.7. The average Bonchev–Trinajstić information content (AvgIpc) is 2.14. The van der Waals surface area contributed by atoms with Gasteiger partial charge in [-0.3, -0.25) is 0 Å². The Balaban J connectivity index is -0.000000114. The van der Waals surface area contributed by atoms with Gasteiger partial charge in [-0.15, -0.1) is 0 Å². The second-order valence-corrected chi connectivity index (χ2v) is 2.12. The maximum atomic E-state index is 2.00. The minimum Gasteiger partial charge on any atom is -0.0683 e. The van der Waals surface area contributed by atoms with Gasteiger partial charge >= 0.3 is 0 Å². The smallest absolute Gasteiger partial charge is 0 e. The van der Waals surface area contributed by atoms with Gasteiger partial charge in [0.05, 0.1) is 0 Å². The molecule has 0 aromatic heterocycles. The van der Waals surface area contributed by atoms with E-state index in [1.54, 1.807) is 0 Å². The van der Waals surface area contributed by atoms with Gasteiger partial charge in [-0.25, -0.2) is 0 Å². The summed E-state index contributed by atoms with van der Waals surface area (Å²) < 4.78 is 0. The monoisotopic (exact) mass is 146 g/mol. The molecular formula is C10H26. The highest BCUT2D eigenvalue weighted by molar-refractivity contribution is 4.51. The molecule has 10 heavy (non-hydrogen) atoms. The van der Waals surface area contributed by atoms with Gasteiger partial charge in [0, 0.05) is 1.43 Å². The molecule has 1 aliphatic carbocycles. The highest BCUT2D eigenvalue weighted by atomic mass is 14.0. The molecule has 66 valence electrons. The van der Waals surface area contributed by atoms with Gasteiger partial charge in [-0.2, -0.15) is 0 Å². The predicted molar refractivity (Wildman–Crippen MR) is 52.5 cm³/mol. The van der Waals surface area contributed by atoms with E-state index >= 15 is 0 Å². The second-order valence-electron chi connectivity index (χ2n) is 2.12. The first-order valence-electron chi connectivity index (χ1n) is 5.00. The van der Waals surface area contributed by atoms with Crippen molar-refractivity contribution in [2.75, 3.05) is 0 Å². The molecule has 0 bridgehead atoms. The molecule has 0 amide bonds. The second kappa shape index (κ2) is 16.0. The Bertz CT molecular complexity index is 20.3. The number of rotatable bonds is 0. The van der Waals surface area contributed by atoms with Crippen molar-refractivity contribution >= 4 is 0 Å². The molecule has 1 rings (SSSR count). The third-order valence-corrected chi connectivity index (χ3v) is 1.50. The SMILES string of the molecule is C1CCCCC1.CC.CC.[HH]. The molecule has 1 aliphatic rings. The minimum atomic E-state index is 0. The van der Waals surface area contributed by atoms with E-state index in [0.29, 0.717) is 0 Å². The van der Waals surface area contributed by atoms with Crippen molar-refractivity contribution < 1.29 is 1.43 Å². The molecule has 1 saturated carbocycles. The molecule has 0 aromatic carbocycles. The zero-order valence-corrected chi connectivity index (χ0v) is 8.24. The summed E-state index contributed by atoms with van der Waals surface area (Å²) in [5.41, 5.74) is 0. The van der Waals surface area contributed by atoms with Crippen molar-refractivity contribution in [3.8, 4) is 0 Å². The van der Waals surface area contributed by atoms with Gasteiger partial charge in [0.1, 0.15) is 0 Å². The first-order chi connectivity index (χ1) is 5.00. The summed E-state index contributed by atoms with van der Waals surface area (Å²) in [4.78, 5) is 0. The highest BCUT2D eigenvalue weighted by Crippen LogP contribution is 2.15. The van der Waals surface area contributed by atoms with E-state index in [1.807, 2.05) is 27.7 Å². The fraction of sp³-hybridized carbons (Fsp3) is 1.00. The normalized spacial score (nSPS) is 15.6. The van der Waals surface area contributed by atoms with Gasteiger partial charge in [0.15, 0.2) is 0 Å². The van der Waals surface area contributed by atoms with Crippen LogP contribution in [0, 0.1) is 0 Å². The Kier molecular flexibility index (Phi) is 20.2. The van der Waals surface area contributed by atoms with Crippen LogP contribution >= 0.6 is 0 Å². The van der Waals surface area contributed by atoms with Crippen molar-refractivity contribution in [3.63, 3.8) is 0 Å². The van der Waals surface area contributed by atoms with Crippen LogP contribution in [0.3, 0.4) is 0 Å². The summed E-state index contributed by atoms with van der Waals surface area (Å²) in [6.45, 7) is 8.00. The largest absolute Gasteiger partial charge is 0.0683 e. The quantitative estimate of drug-likeness (QED) is 0.467. The molecule has 0 radical (unpaired) electrons. The first-order valence-corrected chi connectivity index (χ1v) is 5.00. The molecule has 0 spiro atoms. The molecule has 0 nitrogen and oxygen atoms in total. The maximum Gasteiger partial charge on any atom is 0 e. The topological polar surface area (TPSA) is 0 Å². The van der Waals surface area contributed by atoms with Crippen LogP contribution in [0.2, 0.25) is 0 Å². The Morgan fingerprint density at radius 2 is 0.600 bits per heavy atom. The summed E-state index contributed by atoms with van der Waals surface area (Å²) in [6.07, 6.45) is 9.00. The molecule has 0 N–H and O–H groups in total. The fourth-order valence-corrected chi connectivity index (χ4v) is 1.06. The molecule has 0 atom stereocenters. The van der Waals surface area contributed by atoms with Crippen molar-refractivity contribution in [2.45, 2.75) is 66.2 Å². The molecular weight excluding hydrogens is 120 g/mol. The summed E-state index contributed by atoms with van der Waals surface area (Å²) in [6, 6.07) is 0. The maximum absolute atomic E-state index is 2.00. The van der Waals surface area contributed by atoms with Crippen LogP contribution in [0.15, 0.2) is 0 Å². The van der Waals surface area contributed by atoms with Crippen LogP contribution < -0.4 is 0 Å². The van der Waals surface area contributed by atoms with Crippen LogP contribution in [0.5, 0.6) is 0 Å². The summed E-state index contributed by atoms with van der Waals surface area (Å²) >= 11 is 0. The lowest BCUT2D eigenvalue weighted by atomic mass is 10.0. The van der Waals surface area contributed by atoms with Crippen LogP contribution in [-0.2, 0) is 0 Å². The van der Waals surface area contributed by atoms with Gasteiger partial charge in [0.25, 0.3) is 0 Å². The Morgan fingerprint density at radius 3 is 0.700 bits per heavy atom. The molecule has 0 aromatic rings. The van der Waals surface area contributed by atoms with Gasteiger partial charge in [0.2, 0.25) is 0 Å². The van der Waals surface area contributed by atoms with E-state index in [2.05, 4.69) is 0 Å². The van der Waals surface area contributed by atoms with E-state index in [-0.39, 0.29) is 1.43 Å². The lowest BCUT2D eigenvalue weighted by Crippen LogP contribution is -1.85. The minimum absolute atomic E-state index is 0. The molecule has 0 heteroatoms. The fourth-order valence-electron chi connectivity index (χ4n) is 1.06. The lowest BCUT2D eigenvalue weighted by molar-refractivity contribution is 0.504. The third kappa shape index (κ3) is 10.9. The molecule has 0 heterocycles. The van der Waals surface area contributed by atoms with Crippen LogP contribution in [0.25, 0.3) is 0 Å². The van der Waals surface area contributed by atoms with E-state index in [9.17, 15) is 0 Å². The zero-order valence-electron chi connectivity index (χ0n) is 8.24. The van der Waals surface area contributed by atoms with Crippen LogP contribution in [-0.4, -0.2) is 0 Å². The molecule has 0 saturated heterocycles. The number of hydrogen-bond donors (Lipinski definition) is 0. The summed E-state index contributed by atoms with van der Waals surface area (Å²) in [5, 5.41) is 0. The molecule has 1 fully saturated rings. The van der Waals surface area contributed by atoms with Crippen molar-refractivity contribution in [1.29, 1.82) is 0 Å². The van der Waals surface area contributed by atoms with Crippen LogP contribution in [0.4, 0.5) is 0 Å². The standard InChI is InChI=1S/C6H12.2C2H6.H2/c1-2-4-6-5-3-1;2*1-2;/h1-6H2;2*1-2H3;1H. The van der Waals surface area contributed by atoms with Crippen molar-refractivity contribution in [3.05, 3.63) is 0 Å². The van der Waals surface area contributed by atoms with E-state index < -0.39 is 0 Å². The predicted octanol–water partition coefficient (Wildman–Crippen LogP) is 4.64. The Labute approximate surface area is 68.5 Å². The van der Waals surface area contributed by atoms with E-state index in [1.165, 1.54) is 38.5 Å². The number of hydrogen-bond acceptors (Lipinski definition) is 0. The summed E-state index contributed by atoms with van der Waals surface area (Å²) in [5.74, 6) is 0. The Morgan fingerprint density at radius 1 is 0.500 bits per heavy atom.